The molecule has 0 saturated carbocycles. The molecule has 2 aromatic rings. The third kappa shape index (κ3) is 2.60. The van der Waals surface area contributed by atoms with E-state index in [1.807, 2.05) is 6.92 Å². The number of carbonyl (C=O) groups is 1. The average Bonchev–Trinajstić information content (AvgIpc) is 2.80. The molecule has 0 fully saturated rings. The van der Waals surface area contributed by atoms with Crippen LogP contribution in [0.5, 0.6) is 0 Å². The molecule has 5 nitrogen and oxygen atoms in total. The molecule has 0 spiro atoms. The summed E-state index contributed by atoms with van der Waals surface area (Å²) in [7, 11) is 0. The van der Waals surface area contributed by atoms with Gasteiger partial charge in [0.2, 0.25) is 5.91 Å². The summed E-state index contributed by atoms with van der Waals surface area (Å²) >= 11 is 1.63. The fraction of sp³-hybridized carbons (Fsp3) is 0.533. The summed E-state index contributed by atoms with van der Waals surface area (Å²) in [6, 6.07) is 0. The number of fused-ring (bicyclic) bond motifs is 3. The fourth-order valence-electron chi connectivity index (χ4n) is 2.89. The molecule has 0 radical (unpaired) electrons. The van der Waals surface area contributed by atoms with Crippen LogP contribution in [0.25, 0.3) is 10.2 Å². The number of likely N-dealkylation sites (N-methyl/N-ethyl adjacent to an activating group) is 1. The number of hydrogen-bond acceptors (Lipinski definition) is 4. The first-order valence-electron chi connectivity index (χ1n) is 7.36. The lowest BCUT2D eigenvalue weighted by molar-refractivity contribution is -0.121. The number of carbonyl (C=O) groups excluding carboxylic acids is 1. The van der Waals surface area contributed by atoms with Crippen LogP contribution in [0.3, 0.4) is 0 Å². The predicted octanol–water partition coefficient (Wildman–Crippen LogP) is 1.72. The summed E-state index contributed by atoms with van der Waals surface area (Å²) < 4.78 is 1.42. The third-order valence-corrected chi connectivity index (χ3v) is 5.13. The molecule has 0 bridgehead atoms. The lowest BCUT2D eigenvalue weighted by Gasteiger charge is -2.17. The number of hydrogen-bond donors (Lipinski definition) is 1. The molecule has 2 heterocycles. The highest BCUT2D eigenvalue weighted by Crippen LogP contribution is 2.35. The minimum Gasteiger partial charge on any atom is -0.355 e. The van der Waals surface area contributed by atoms with Gasteiger partial charge in [-0.2, -0.15) is 0 Å². The summed E-state index contributed by atoms with van der Waals surface area (Å²) in [5.41, 5.74) is 1.08. The van der Waals surface area contributed by atoms with Crippen molar-refractivity contribution < 1.29 is 4.79 Å². The monoisotopic (exact) mass is 305 g/mol. The summed E-state index contributed by atoms with van der Waals surface area (Å²) in [4.78, 5) is 30.8. The van der Waals surface area contributed by atoms with Crippen molar-refractivity contribution in [1.29, 1.82) is 0 Å². The van der Waals surface area contributed by atoms with Crippen LogP contribution in [0, 0.1) is 5.92 Å². The van der Waals surface area contributed by atoms with Gasteiger partial charge in [-0.25, -0.2) is 4.98 Å². The summed E-state index contributed by atoms with van der Waals surface area (Å²) in [5, 5.41) is 3.44. The molecule has 112 valence electrons. The van der Waals surface area contributed by atoms with Gasteiger partial charge in [0.1, 0.15) is 11.4 Å². The highest BCUT2D eigenvalue weighted by Gasteiger charge is 2.23. The van der Waals surface area contributed by atoms with Crippen molar-refractivity contribution in [3.63, 3.8) is 0 Å². The minimum absolute atomic E-state index is 0.0383. The van der Waals surface area contributed by atoms with Gasteiger partial charge in [-0.1, -0.05) is 6.92 Å². The topological polar surface area (TPSA) is 64.0 Å². The number of nitrogens with one attached hydrogen (secondary N) is 1. The van der Waals surface area contributed by atoms with Crippen molar-refractivity contribution in [3.8, 4) is 0 Å². The second kappa shape index (κ2) is 5.60. The van der Waals surface area contributed by atoms with Crippen LogP contribution in [-0.4, -0.2) is 22.0 Å². The molecule has 1 atom stereocenters. The van der Waals surface area contributed by atoms with E-state index in [-0.39, 0.29) is 18.0 Å². The van der Waals surface area contributed by atoms with E-state index >= 15 is 0 Å². The molecular weight excluding hydrogens is 286 g/mol. The number of amides is 1. The zero-order valence-corrected chi connectivity index (χ0v) is 13.1. The van der Waals surface area contributed by atoms with Crippen LogP contribution in [0.15, 0.2) is 11.1 Å². The van der Waals surface area contributed by atoms with Crippen molar-refractivity contribution in [1.82, 2.24) is 14.9 Å². The maximum atomic E-state index is 12.6. The van der Waals surface area contributed by atoms with Gasteiger partial charge in [-0.05, 0) is 37.7 Å². The standard InChI is InChI=1S/C15H19N3O2S/c1-3-16-12(19)7-18-8-17-14-13(15(18)20)10-5-4-9(2)6-11(10)21-14/h8-9H,3-7H2,1-2H3,(H,16,19). The van der Waals surface area contributed by atoms with Gasteiger partial charge < -0.3 is 5.32 Å². The van der Waals surface area contributed by atoms with Gasteiger partial charge in [0.25, 0.3) is 5.56 Å². The van der Waals surface area contributed by atoms with Gasteiger partial charge in [0.05, 0.1) is 11.7 Å². The molecule has 1 aliphatic rings. The molecular formula is C15H19N3O2S. The lowest BCUT2D eigenvalue weighted by atomic mass is 9.89. The minimum atomic E-state index is -0.154. The zero-order chi connectivity index (χ0) is 15.0. The second-order valence-electron chi connectivity index (χ2n) is 5.66. The van der Waals surface area contributed by atoms with Crippen LogP contribution in [0.1, 0.15) is 30.7 Å². The Kier molecular flexibility index (Phi) is 3.80. The molecule has 1 N–H and O–H groups in total. The van der Waals surface area contributed by atoms with E-state index in [1.165, 1.54) is 15.8 Å². The smallest absolute Gasteiger partial charge is 0.262 e. The van der Waals surface area contributed by atoms with Crippen LogP contribution in [0.4, 0.5) is 0 Å². The maximum Gasteiger partial charge on any atom is 0.262 e. The molecule has 2 aromatic heterocycles. The van der Waals surface area contributed by atoms with Crippen LogP contribution < -0.4 is 10.9 Å². The van der Waals surface area contributed by atoms with Crippen molar-refractivity contribution in [2.45, 2.75) is 39.7 Å². The molecule has 1 unspecified atom stereocenters. The molecule has 1 amide bonds. The Morgan fingerprint density at radius 3 is 3.14 bits per heavy atom. The van der Waals surface area contributed by atoms with E-state index in [1.54, 1.807) is 11.3 Å². The maximum absolute atomic E-state index is 12.6. The van der Waals surface area contributed by atoms with Crippen LogP contribution >= 0.6 is 11.3 Å². The van der Waals surface area contributed by atoms with E-state index in [9.17, 15) is 9.59 Å². The lowest BCUT2D eigenvalue weighted by Crippen LogP contribution is -2.32. The van der Waals surface area contributed by atoms with Crippen molar-refractivity contribution >= 4 is 27.5 Å². The van der Waals surface area contributed by atoms with Crippen LogP contribution in [-0.2, 0) is 24.2 Å². The van der Waals surface area contributed by atoms with E-state index in [2.05, 4.69) is 17.2 Å². The molecule has 0 saturated heterocycles. The molecule has 3 rings (SSSR count). The van der Waals surface area contributed by atoms with Crippen molar-refractivity contribution in [2.75, 3.05) is 6.54 Å². The van der Waals surface area contributed by atoms with Gasteiger partial charge in [0.15, 0.2) is 0 Å². The molecule has 6 heteroatoms. The first-order valence-corrected chi connectivity index (χ1v) is 8.18. The number of rotatable bonds is 3. The first-order chi connectivity index (χ1) is 10.1. The number of thiophene rings is 1. The Bertz CT molecular complexity index is 747. The Balaban J connectivity index is 2.04. The second-order valence-corrected chi connectivity index (χ2v) is 6.75. The molecule has 0 aliphatic heterocycles. The van der Waals surface area contributed by atoms with Gasteiger partial charge in [0, 0.05) is 11.4 Å². The summed E-state index contributed by atoms with van der Waals surface area (Å²) in [5.74, 6) is 0.515. The predicted molar refractivity (Wildman–Crippen MR) is 83.8 cm³/mol. The van der Waals surface area contributed by atoms with E-state index in [4.69, 9.17) is 0 Å². The van der Waals surface area contributed by atoms with Crippen molar-refractivity contribution in [2.24, 2.45) is 5.92 Å². The van der Waals surface area contributed by atoms with E-state index in [0.29, 0.717) is 12.5 Å². The van der Waals surface area contributed by atoms with Crippen LogP contribution in [0.2, 0.25) is 0 Å². The first kappa shape index (κ1) is 14.3. The van der Waals surface area contributed by atoms with E-state index in [0.717, 1.165) is 35.0 Å². The normalized spacial score (nSPS) is 17.7. The van der Waals surface area contributed by atoms with E-state index < -0.39 is 0 Å². The number of aryl methyl sites for hydroxylation is 1. The number of aromatic nitrogens is 2. The summed E-state index contributed by atoms with van der Waals surface area (Å²) in [6.45, 7) is 4.71. The Hall–Kier alpha value is -1.69. The summed E-state index contributed by atoms with van der Waals surface area (Å²) in [6.07, 6.45) is 4.58. The zero-order valence-electron chi connectivity index (χ0n) is 12.3. The Morgan fingerprint density at radius 1 is 1.57 bits per heavy atom. The highest BCUT2D eigenvalue weighted by molar-refractivity contribution is 7.18. The fourth-order valence-corrected chi connectivity index (χ4v) is 4.23. The Labute approximate surface area is 127 Å². The van der Waals surface area contributed by atoms with Gasteiger partial charge in [-0.15, -0.1) is 11.3 Å². The van der Waals surface area contributed by atoms with Gasteiger partial charge >= 0.3 is 0 Å². The molecule has 0 aromatic carbocycles. The quantitative estimate of drug-likeness (QED) is 0.939. The highest BCUT2D eigenvalue weighted by atomic mass is 32.1. The number of nitrogens with zero attached hydrogens (tertiary/aromatic N) is 2. The van der Waals surface area contributed by atoms with Gasteiger partial charge in [-0.3, -0.25) is 14.2 Å². The SMILES string of the molecule is CCNC(=O)Cn1cnc2sc3c(c2c1=O)CCC(C)C3. The Morgan fingerprint density at radius 2 is 2.38 bits per heavy atom. The average molecular weight is 305 g/mol. The third-order valence-electron chi connectivity index (χ3n) is 3.97. The largest absolute Gasteiger partial charge is 0.355 e. The molecule has 21 heavy (non-hydrogen) atoms. The molecule has 1 aliphatic carbocycles. The van der Waals surface area contributed by atoms with Crippen molar-refractivity contribution in [3.05, 3.63) is 27.1 Å².